The molecule has 0 aliphatic rings. The van der Waals surface area contributed by atoms with Crippen molar-refractivity contribution in [1.82, 2.24) is 4.98 Å². The van der Waals surface area contributed by atoms with E-state index in [1.165, 1.54) is 24.5 Å². The number of esters is 1. The fourth-order valence-electron chi connectivity index (χ4n) is 2.54. The zero-order valence-corrected chi connectivity index (χ0v) is 16.5. The van der Waals surface area contributed by atoms with Crippen LogP contribution in [-0.2, 0) is 0 Å². The van der Waals surface area contributed by atoms with Crippen LogP contribution >= 0.6 is 11.3 Å². The molecule has 0 saturated carbocycles. The molecular weight excluding hydrogens is 376 g/mol. The van der Waals surface area contributed by atoms with Crippen molar-refractivity contribution in [2.24, 2.45) is 0 Å². The number of hydrogen-bond donors (Lipinski definition) is 0. The Morgan fingerprint density at radius 1 is 1.18 bits per heavy atom. The third-order valence-corrected chi connectivity index (χ3v) is 5.08. The van der Waals surface area contributed by atoms with Gasteiger partial charge in [0.25, 0.3) is 0 Å². The fraction of sp³-hybridized carbons (Fsp3) is 0.190. The van der Waals surface area contributed by atoms with Gasteiger partial charge in [0.1, 0.15) is 15.6 Å². The standard InChI is InChI=1S/C21H18N2O4S/c1-4-26-16-8-6-15(7-9-16)20-23-13(2)19(28-20)21(24)27-17-10-5-14(12-22)11-18(17)25-3/h5-11H,4H2,1-3H3. The molecular formula is C21H18N2O4S. The third kappa shape index (κ3) is 4.13. The van der Waals surface area contributed by atoms with E-state index in [1.807, 2.05) is 37.3 Å². The van der Waals surface area contributed by atoms with Crippen LogP contribution in [0.3, 0.4) is 0 Å². The number of rotatable bonds is 6. The molecule has 0 aliphatic heterocycles. The van der Waals surface area contributed by atoms with Crippen LogP contribution in [0.25, 0.3) is 10.6 Å². The quantitative estimate of drug-likeness (QED) is 0.448. The van der Waals surface area contributed by atoms with E-state index < -0.39 is 5.97 Å². The summed E-state index contributed by atoms with van der Waals surface area (Å²) in [5.74, 6) is 0.838. The zero-order chi connectivity index (χ0) is 20.1. The summed E-state index contributed by atoms with van der Waals surface area (Å²) in [6.45, 7) is 4.30. The topological polar surface area (TPSA) is 81.4 Å². The molecule has 2 aromatic carbocycles. The van der Waals surface area contributed by atoms with Crippen LogP contribution < -0.4 is 14.2 Å². The highest BCUT2D eigenvalue weighted by Gasteiger charge is 2.20. The summed E-state index contributed by atoms with van der Waals surface area (Å²) >= 11 is 1.26. The zero-order valence-electron chi connectivity index (χ0n) is 15.7. The highest BCUT2D eigenvalue weighted by molar-refractivity contribution is 7.17. The van der Waals surface area contributed by atoms with Gasteiger partial charge in [-0.3, -0.25) is 0 Å². The summed E-state index contributed by atoms with van der Waals surface area (Å²) in [7, 11) is 1.45. The van der Waals surface area contributed by atoms with Crippen LogP contribution in [0.5, 0.6) is 17.2 Å². The van der Waals surface area contributed by atoms with E-state index >= 15 is 0 Å². The van der Waals surface area contributed by atoms with Crippen molar-refractivity contribution in [3.05, 3.63) is 58.6 Å². The van der Waals surface area contributed by atoms with E-state index in [0.29, 0.717) is 28.5 Å². The van der Waals surface area contributed by atoms with E-state index in [-0.39, 0.29) is 5.75 Å². The predicted molar refractivity (Wildman–Crippen MR) is 106 cm³/mol. The van der Waals surface area contributed by atoms with Crippen LogP contribution in [0.15, 0.2) is 42.5 Å². The Labute approximate surface area is 166 Å². The van der Waals surface area contributed by atoms with Gasteiger partial charge in [0, 0.05) is 11.6 Å². The summed E-state index contributed by atoms with van der Waals surface area (Å²) < 4.78 is 16.1. The number of ether oxygens (including phenoxy) is 3. The number of benzene rings is 2. The highest BCUT2D eigenvalue weighted by Crippen LogP contribution is 2.32. The SMILES string of the molecule is CCOc1ccc(-c2nc(C)c(C(=O)Oc3ccc(C#N)cc3OC)s2)cc1. The third-order valence-electron chi connectivity index (χ3n) is 3.89. The molecule has 0 radical (unpaired) electrons. The smallest absolute Gasteiger partial charge is 0.355 e. The summed E-state index contributed by atoms with van der Waals surface area (Å²) in [5, 5.41) is 9.70. The molecule has 1 heterocycles. The number of methoxy groups -OCH3 is 1. The first-order valence-electron chi connectivity index (χ1n) is 8.56. The van der Waals surface area contributed by atoms with Gasteiger partial charge in [-0.05, 0) is 50.2 Å². The summed E-state index contributed by atoms with van der Waals surface area (Å²) in [5.41, 5.74) is 1.90. The van der Waals surface area contributed by atoms with Crippen molar-refractivity contribution in [3.63, 3.8) is 0 Å². The van der Waals surface area contributed by atoms with Crippen LogP contribution in [0.1, 0.15) is 27.9 Å². The van der Waals surface area contributed by atoms with E-state index in [2.05, 4.69) is 4.98 Å². The molecule has 0 saturated heterocycles. The van der Waals surface area contributed by atoms with Crippen LogP contribution in [-0.4, -0.2) is 24.7 Å². The molecule has 142 valence electrons. The van der Waals surface area contributed by atoms with Crippen molar-refractivity contribution < 1.29 is 19.0 Å². The molecule has 0 N–H and O–H groups in total. The first-order chi connectivity index (χ1) is 13.5. The van der Waals surface area contributed by atoms with Crippen molar-refractivity contribution >= 4 is 17.3 Å². The Hall–Kier alpha value is -3.37. The lowest BCUT2D eigenvalue weighted by Gasteiger charge is -2.08. The molecule has 6 nitrogen and oxygen atoms in total. The first-order valence-corrected chi connectivity index (χ1v) is 9.38. The molecule has 28 heavy (non-hydrogen) atoms. The highest BCUT2D eigenvalue weighted by atomic mass is 32.1. The minimum absolute atomic E-state index is 0.252. The molecule has 0 spiro atoms. The lowest BCUT2D eigenvalue weighted by Crippen LogP contribution is -2.09. The van der Waals surface area contributed by atoms with E-state index in [1.54, 1.807) is 19.1 Å². The van der Waals surface area contributed by atoms with Crippen LogP contribution in [0.4, 0.5) is 0 Å². The largest absolute Gasteiger partial charge is 0.494 e. The van der Waals surface area contributed by atoms with Crippen molar-refractivity contribution in [2.45, 2.75) is 13.8 Å². The molecule has 0 fully saturated rings. The van der Waals surface area contributed by atoms with Gasteiger partial charge in [-0.2, -0.15) is 5.26 Å². The minimum Gasteiger partial charge on any atom is -0.494 e. The number of nitrogens with zero attached hydrogens (tertiary/aromatic N) is 2. The van der Waals surface area contributed by atoms with Crippen LogP contribution in [0, 0.1) is 18.3 Å². The number of aromatic nitrogens is 1. The molecule has 7 heteroatoms. The Bertz CT molecular complexity index is 1040. The predicted octanol–water partition coefficient (Wildman–Crippen LogP) is 4.62. The van der Waals surface area contributed by atoms with Gasteiger partial charge in [-0.25, -0.2) is 9.78 Å². The number of thiazole rings is 1. The molecule has 1 aromatic heterocycles. The van der Waals surface area contributed by atoms with E-state index in [9.17, 15) is 4.79 Å². The minimum atomic E-state index is -0.518. The van der Waals surface area contributed by atoms with E-state index in [4.69, 9.17) is 19.5 Å². The Morgan fingerprint density at radius 2 is 1.93 bits per heavy atom. The molecule has 3 aromatic rings. The van der Waals surface area contributed by atoms with Gasteiger partial charge in [0.15, 0.2) is 11.5 Å². The average molecular weight is 394 g/mol. The number of carbonyl (C=O) groups is 1. The van der Waals surface area contributed by atoms with Gasteiger partial charge in [-0.1, -0.05) is 0 Å². The van der Waals surface area contributed by atoms with Crippen molar-refractivity contribution in [1.29, 1.82) is 5.26 Å². The number of hydrogen-bond acceptors (Lipinski definition) is 7. The normalized spacial score (nSPS) is 10.2. The average Bonchev–Trinajstić information content (AvgIpc) is 3.11. The van der Waals surface area contributed by atoms with Gasteiger partial charge in [-0.15, -0.1) is 11.3 Å². The molecule has 0 unspecified atom stereocenters. The Kier molecular flexibility index (Phi) is 5.92. The second kappa shape index (κ2) is 8.55. The molecule has 0 atom stereocenters. The van der Waals surface area contributed by atoms with Gasteiger partial charge < -0.3 is 14.2 Å². The molecule has 0 bridgehead atoms. The molecule has 0 amide bonds. The fourth-order valence-corrected chi connectivity index (χ4v) is 3.49. The summed E-state index contributed by atoms with van der Waals surface area (Å²) in [4.78, 5) is 17.6. The van der Waals surface area contributed by atoms with Gasteiger partial charge in [0.2, 0.25) is 0 Å². The first kappa shape index (κ1) is 19.4. The van der Waals surface area contributed by atoms with Crippen molar-refractivity contribution in [2.75, 3.05) is 13.7 Å². The van der Waals surface area contributed by atoms with Gasteiger partial charge >= 0.3 is 5.97 Å². The lowest BCUT2D eigenvalue weighted by atomic mass is 10.2. The van der Waals surface area contributed by atoms with Gasteiger partial charge in [0.05, 0.1) is 31.0 Å². The maximum absolute atomic E-state index is 12.6. The molecule has 3 rings (SSSR count). The monoisotopic (exact) mass is 394 g/mol. The van der Waals surface area contributed by atoms with Crippen LogP contribution in [0.2, 0.25) is 0 Å². The van der Waals surface area contributed by atoms with Crippen molar-refractivity contribution in [3.8, 4) is 33.9 Å². The lowest BCUT2D eigenvalue weighted by molar-refractivity contribution is 0.0734. The second-order valence-corrected chi connectivity index (χ2v) is 6.76. The summed E-state index contributed by atoms with van der Waals surface area (Å²) in [6.07, 6.45) is 0. The number of aryl methyl sites for hydroxylation is 1. The molecule has 0 aliphatic carbocycles. The Balaban J connectivity index is 1.83. The second-order valence-electron chi connectivity index (χ2n) is 5.76. The van der Waals surface area contributed by atoms with E-state index in [0.717, 1.165) is 16.3 Å². The Morgan fingerprint density at radius 3 is 2.57 bits per heavy atom. The number of nitriles is 1. The summed E-state index contributed by atoms with van der Waals surface area (Å²) in [6, 6.07) is 14.2. The maximum atomic E-state index is 12.6. The number of carbonyl (C=O) groups excluding carboxylic acids is 1. The maximum Gasteiger partial charge on any atom is 0.355 e.